The van der Waals surface area contributed by atoms with Crippen molar-refractivity contribution in [2.45, 2.75) is 33.6 Å². The van der Waals surface area contributed by atoms with Crippen LogP contribution in [0.2, 0.25) is 0 Å². The Balaban J connectivity index is 1.53. The number of amides is 2. The molecule has 160 valence electrons. The third-order valence-electron chi connectivity index (χ3n) is 5.68. The second-order valence-electron chi connectivity index (χ2n) is 7.86. The van der Waals surface area contributed by atoms with Gasteiger partial charge in [0.05, 0.1) is 6.42 Å². The monoisotopic (exact) mass is 412 g/mol. The molecule has 0 aromatic heterocycles. The number of rotatable bonds is 5. The summed E-state index contributed by atoms with van der Waals surface area (Å²) in [6.07, 6.45) is 0.965. The number of hydrogen-bond donors (Lipinski definition) is 0. The summed E-state index contributed by atoms with van der Waals surface area (Å²) in [5.74, 6) is 0.393. The average molecular weight is 413 g/mol. The standard InChI is InChI=1S/C24H29FN2O3/c1-17-5-6-18(2)24(19(17)3)30-16-23(29)27-12-4-11-26(13-14-27)22(28)15-20-7-9-21(25)10-8-20/h5-10H,4,11-16H2,1-3H3. The van der Waals surface area contributed by atoms with Crippen LogP contribution in [0.15, 0.2) is 36.4 Å². The van der Waals surface area contributed by atoms with E-state index in [0.717, 1.165) is 34.4 Å². The molecule has 3 rings (SSSR count). The molecule has 0 spiro atoms. The Labute approximate surface area is 177 Å². The molecule has 0 N–H and O–H groups in total. The van der Waals surface area contributed by atoms with E-state index in [1.54, 1.807) is 21.9 Å². The first kappa shape index (κ1) is 21.8. The Morgan fingerprint density at radius 1 is 0.867 bits per heavy atom. The van der Waals surface area contributed by atoms with Crippen LogP contribution < -0.4 is 4.74 Å². The van der Waals surface area contributed by atoms with E-state index >= 15 is 0 Å². The molecular formula is C24H29FN2O3. The van der Waals surface area contributed by atoms with Gasteiger partial charge in [-0.1, -0.05) is 24.3 Å². The Hall–Kier alpha value is -2.89. The van der Waals surface area contributed by atoms with Crippen molar-refractivity contribution in [1.82, 2.24) is 9.80 Å². The first-order valence-electron chi connectivity index (χ1n) is 10.3. The molecule has 2 aromatic carbocycles. The molecule has 0 atom stereocenters. The fourth-order valence-electron chi connectivity index (χ4n) is 3.68. The van der Waals surface area contributed by atoms with Gasteiger partial charge in [-0.05, 0) is 61.6 Å². The van der Waals surface area contributed by atoms with Crippen molar-refractivity contribution in [1.29, 1.82) is 0 Å². The number of ether oxygens (including phenoxy) is 1. The summed E-state index contributed by atoms with van der Waals surface area (Å²) < 4.78 is 18.9. The van der Waals surface area contributed by atoms with Crippen molar-refractivity contribution in [2.75, 3.05) is 32.8 Å². The number of benzene rings is 2. The summed E-state index contributed by atoms with van der Waals surface area (Å²) in [6.45, 7) is 8.19. The number of carbonyl (C=O) groups is 2. The summed E-state index contributed by atoms with van der Waals surface area (Å²) in [4.78, 5) is 28.9. The van der Waals surface area contributed by atoms with Gasteiger partial charge in [-0.2, -0.15) is 0 Å². The largest absolute Gasteiger partial charge is 0.483 e. The topological polar surface area (TPSA) is 49.9 Å². The highest BCUT2D eigenvalue weighted by Gasteiger charge is 2.22. The van der Waals surface area contributed by atoms with Gasteiger partial charge in [0.2, 0.25) is 5.91 Å². The summed E-state index contributed by atoms with van der Waals surface area (Å²) in [7, 11) is 0. The van der Waals surface area contributed by atoms with Gasteiger partial charge in [-0.15, -0.1) is 0 Å². The lowest BCUT2D eigenvalue weighted by molar-refractivity contribution is -0.134. The van der Waals surface area contributed by atoms with Crippen LogP contribution in [-0.2, 0) is 16.0 Å². The Bertz CT molecular complexity index is 911. The number of halogens is 1. The second kappa shape index (κ2) is 9.74. The van der Waals surface area contributed by atoms with Crippen LogP contribution in [0.5, 0.6) is 5.75 Å². The second-order valence-corrected chi connectivity index (χ2v) is 7.86. The van der Waals surface area contributed by atoms with E-state index in [-0.39, 0.29) is 30.7 Å². The van der Waals surface area contributed by atoms with Crippen LogP contribution in [0.3, 0.4) is 0 Å². The lowest BCUT2D eigenvalue weighted by atomic mass is 10.1. The normalized spacial score (nSPS) is 14.4. The van der Waals surface area contributed by atoms with Crippen LogP contribution in [0.25, 0.3) is 0 Å². The SMILES string of the molecule is Cc1ccc(C)c(OCC(=O)N2CCCN(C(=O)Cc3ccc(F)cc3)CC2)c1C. The minimum Gasteiger partial charge on any atom is -0.483 e. The van der Waals surface area contributed by atoms with Gasteiger partial charge in [-0.25, -0.2) is 4.39 Å². The number of carbonyl (C=O) groups excluding carboxylic acids is 2. The molecule has 6 heteroatoms. The minimum absolute atomic E-state index is 0.00170. The summed E-state index contributed by atoms with van der Waals surface area (Å²) in [5, 5.41) is 0. The molecule has 1 fully saturated rings. The van der Waals surface area contributed by atoms with E-state index in [1.807, 2.05) is 32.9 Å². The molecule has 1 aliphatic rings. The highest BCUT2D eigenvalue weighted by atomic mass is 19.1. The van der Waals surface area contributed by atoms with Gasteiger partial charge in [0.15, 0.2) is 6.61 Å². The number of aryl methyl sites for hydroxylation is 2. The molecular weight excluding hydrogens is 383 g/mol. The fourth-order valence-corrected chi connectivity index (χ4v) is 3.68. The molecule has 2 amide bonds. The smallest absolute Gasteiger partial charge is 0.260 e. The van der Waals surface area contributed by atoms with Gasteiger partial charge in [0, 0.05) is 26.2 Å². The van der Waals surface area contributed by atoms with E-state index in [9.17, 15) is 14.0 Å². The van der Waals surface area contributed by atoms with Gasteiger partial charge in [-0.3, -0.25) is 9.59 Å². The quantitative estimate of drug-likeness (QED) is 0.756. The summed E-state index contributed by atoms with van der Waals surface area (Å²) in [5.41, 5.74) is 3.99. The van der Waals surface area contributed by atoms with Gasteiger partial charge in [0.1, 0.15) is 11.6 Å². The van der Waals surface area contributed by atoms with Crippen molar-refractivity contribution in [2.24, 2.45) is 0 Å². The molecule has 0 unspecified atom stereocenters. The zero-order valence-corrected chi connectivity index (χ0v) is 17.9. The van der Waals surface area contributed by atoms with Crippen molar-refractivity contribution in [3.8, 4) is 5.75 Å². The molecule has 2 aromatic rings. The molecule has 0 bridgehead atoms. The maximum absolute atomic E-state index is 13.0. The molecule has 30 heavy (non-hydrogen) atoms. The van der Waals surface area contributed by atoms with Crippen LogP contribution >= 0.6 is 0 Å². The molecule has 0 saturated carbocycles. The van der Waals surface area contributed by atoms with Crippen LogP contribution in [0.4, 0.5) is 4.39 Å². The zero-order valence-electron chi connectivity index (χ0n) is 17.9. The molecule has 5 nitrogen and oxygen atoms in total. The van der Waals surface area contributed by atoms with Gasteiger partial charge < -0.3 is 14.5 Å². The van der Waals surface area contributed by atoms with Crippen LogP contribution in [-0.4, -0.2) is 54.4 Å². The van der Waals surface area contributed by atoms with Crippen molar-refractivity contribution >= 4 is 11.8 Å². The highest BCUT2D eigenvalue weighted by Crippen LogP contribution is 2.25. The molecule has 0 aliphatic carbocycles. The Morgan fingerprint density at radius 2 is 1.47 bits per heavy atom. The minimum atomic E-state index is -0.312. The molecule has 0 radical (unpaired) electrons. The molecule has 1 heterocycles. The van der Waals surface area contributed by atoms with E-state index in [4.69, 9.17) is 4.74 Å². The predicted molar refractivity (Wildman–Crippen MR) is 114 cm³/mol. The maximum atomic E-state index is 13.0. The van der Waals surface area contributed by atoms with E-state index in [2.05, 4.69) is 0 Å². The predicted octanol–water partition coefficient (Wildman–Crippen LogP) is 3.43. The van der Waals surface area contributed by atoms with Crippen molar-refractivity contribution in [3.63, 3.8) is 0 Å². The maximum Gasteiger partial charge on any atom is 0.260 e. The van der Waals surface area contributed by atoms with E-state index in [1.165, 1.54) is 12.1 Å². The van der Waals surface area contributed by atoms with E-state index in [0.29, 0.717) is 26.2 Å². The van der Waals surface area contributed by atoms with Crippen molar-refractivity contribution in [3.05, 3.63) is 64.5 Å². The zero-order chi connectivity index (χ0) is 21.7. The first-order chi connectivity index (χ1) is 14.3. The average Bonchev–Trinajstić information content (AvgIpc) is 2.99. The molecule has 1 saturated heterocycles. The first-order valence-corrected chi connectivity index (χ1v) is 10.3. The third-order valence-corrected chi connectivity index (χ3v) is 5.68. The lowest BCUT2D eigenvalue weighted by Crippen LogP contribution is -2.39. The number of nitrogens with zero attached hydrogens (tertiary/aromatic N) is 2. The van der Waals surface area contributed by atoms with E-state index < -0.39 is 0 Å². The molecule has 1 aliphatic heterocycles. The summed E-state index contributed by atoms with van der Waals surface area (Å²) in [6, 6.07) is 10.0. The Morgan fingerprint density at radius 3 is 2.13 bits per heavy atom. The third kappa shape index (κ3) is 5.38. The Kier molecular flexibility index (Phi) is 7.08. The van der Waals surface area contributed by atoms with Crippen LogP contribution in [0, 0.1) is 26.6 Å². The van der Waals surface area contributed by atoms with Gasteiger partial charge in [0.25, 0.3) is 5.91 Å². The summed E-state index contributed by atoms with van der Waals surface area (Å²) >= 11 is 0. The lowest BCUT2D eigenvalue weighted by Gasteiger charge is -2.23. The van der Waals surface area contributed by atoms with Crippen molar-refractivity contribution < 1.29 is 18.7 Å². The van der Waals surface area contributed by atoms with Gasteiger partial charge >= 0.3 is 0 Å². The highest BCUT2D eigenvalue weighted by molar-refractivity contribution is 5.80. The fraction of sp³-hybridized carbons (Fsp3) is 0.417. The van der Waals surface area contributed by atoms with Crippen LogP contribution in [0.1, 0.15) is 28.7 Å². The number of hydrogen-bond acceptors (Lipinski definition) is 3.